The van der Waals surface area contributed by atoms with Gasteiger partial charge in [0, 0.05) is 26.1 Å². The maximum atomic E-state index is 11.9. The number of nitrogens with one attached hydrogen (secondary N) is 1. The fourth-order valence-corrected chi connectivity index (χ4v) is 2.48. The number of rotatable bonds is 6. The summed E-state index contributed by atoms with van der Waals surface area (Å²) in [5.74, 6) is 1.79. The van der Waals surface area contributed by atoms with Gasteiger partial charge in [0.05, 0.1) is 0 Å². The van der Waals surface area contributed by atoms with E-state index >= 15 is 0 Å². The Hall–Kier alpha value is -0.570. The van der Waals surface area contributed by atoms with Crippen LogP contribution in [0.25, 0.3) is 0 Å². The fraction of sp³-hybridized carbons (Fsp3) is 0.929. The van der Waals surface area contributed by atoms with Crippen LogP contribution in [0.4, 0.5) is 0 Å². The minimum atomic E-state index is 0.353. The smallest absolute Gasteiger partial charge is 0.222 e. The Morgan fingerprint density at radius 2 is 2.12 bits per heavy atom. The van der Waals surface area contributed by atoms with E-state index in [1.807, 2.05) is 4.90 Å². The van der Waals surface area contributed by atoms with Crippen molar-refractivity contribution in [2.24, 2.45) is 11.8 Å². The van der Waals surface area contributed by atoms with Crippen LogP contribution < -0.4 is 5.32 Å². The van der Waals surface area contributed by atoms with Crippen molar-refractivity contribution < 1.29 is 4.79 Å². The monoisotopic (exact) mass is 240 g/mol. The van der Waals surface area contributed by atoms with E-state index in [1.165, 1.54) is 6.42 Å². The Morgan fingerprint density at radius 3 is 2.76 bits per heavy atom. The zero-order valence-electron chi connectivity index (χ0n) is 11.7. The van der Waals surface area contributed by atoms with E-state index in [-0.39, 0.29) is 0 Å². The largest absolute Gasteiger partial charge is 0.341 e. The van der Waals surface area contributed by atoms with Gasteiger partial charge in [-0.1, -0.05) is 20.8 Å². The molecule has 3 heteroatoms. The van der Waals surface area contributed by atoms with Crippen molar-refractivity contribution >= 4 is 5.91 Å². The Bertz CT molecular complexity index is 228. The van der Waals surface area contributed by atoms with Crippen molar-refractivity contribution in [2.75, 3.05) is 26.2 Å². The third kappa shape index (κ3) is 5.07. The lowest BCUT2D eigenvalue weighted by Crippen LogP contribution is -2.36. The van der Waals surface area contributed by atoms with Crippen molar-refractivity contribution in [3.63, 3.8) is 0 Å². The summed E-state index contributed by atoms with van der Waals surface area (Å²) >= 11 is 0. The average molecular weight is 240 g/mol. The molecule has 1 rings (SSSR count). The summed E-state index contributed by atoms with van der Waals surface area (Å²) in [7, 11) is 0. The van der Waals surface area contributed by atoms with Crippen molar-refractivity contribution in [1.29, 1.82) is 0 Å². The topological polar surface area (TPSA) is 32.3 Å². The highest BCUT2D eigenvalue weighted by Crippen LogP contribution is 2.24. The van der Waals surface area contributed by atoms with E-state index in [4.69, 9.17) is 0 Å². The van der Waals surface area contributed by atoms with Gasteiger partial charge >= 0.3 is 0 Å². The number of nitrogens with zero attached hydrogens (tertiary/aromatic N) is 1. The molecule has 3 nitrogen and oxygen atoms in total. The normalized spacial score (nSPS) is 22.0. The molecule has 1 atom stereocenters. The number of amides is 1. The Labute approximate surface area is 106 Å². The molecule has 1 aliphatic rings. The molecule has 100 valence electrons. The molecule has 0 aromatic carbocycles. The zero-order chi connectivity index (χ0) is 12.7. The number of likely N-dealkylation sites (tertiary alicyclic amines) is 1. The van der Waals surface area contributed by atoms with Crippen LogP contribution in [-0.2, 0) is 4.79 Å². The molecule has 0 saturated carbocycles. The Balaban J connectivity index is 2.32. The standard InChI is InChI=1S/C14H28N2O/c1-4-8-15-9-11-16-10-7-13(12(2)3)5-6-14(16)17/h12-13,15H,4-11H2,1-3H3. The van der Waals surface area contributed by atoms with Crippen LogP contribution in [0.1, 0.15) is 46.5 Å². The van der Waals surface area contributed by atoms with Gasteiger partial charge < -0.3 is 10.2 Å². The number of carbonyl (C=O) groups excluding carboxylic acids is 1. The van der Waals surface area contributed by atoms with E-state index in [0.29, 0.717) is 11.8 Å². The first-order chi connectivity index (χ1) is 8.15. The molecule has 0 aromatic rings. The summed E-state index contributed by atoms with van der Waals surface area (Å²) in [4.78, 5) is 14.0. The molecule has 0 aliphatic carbocycles. The molecular weight excluding hydrogens is 212 g/mol. The van der Waals surface area contributed by atoms with E-state index in [9.17, 15) is 4.79 Å². The summed E-state index contributed by atoms with van der Waals surface area (Å²) in [5.41, 5.74) is 0. The third-order valence-electron chi connectivity index (χ3n) is 3.78. The molecule has 0 spiro atoms. The van der Waals surface area contributed by atoms with Gasteiger partial charge in [0.2, 0.25) is 5.91 Å². The van der Waals surface area contributed by atoms with Crippen LogP contribution in [0.15, 0.2) is 0 Å². The van der Waals surface area contributed by atoms with E-state index in [1.54, 1.807) is 0 Å². The van der Waals surface area contributed by atoms with Crippen molar-refractivity contribution in [1.82, 2.24) is 10.2 Å². The van der Waals surface area contributed by atoms with Gasteiger partial charge in [-0.05, 0) is 37.6 Å². The predicted molar refractivity (Wildman–Crippen MR) is 71.9 cm³/mol. The molecule has 1 amide bonds. The second-order valence-corrected chi connectivity index (χ2v) is 5.46. The van der Waals surface area contributed by atoms with Crippen LogP contribution in [-0.4, -0.2) is 37.0 Å². The maximum Gasteiger partial charge on any atom is 0.222 e. The Morgan fingerprint density at radius 1 is 1.35 bits per heavy atom. The van der Waals surface area contributed by atoms with Crippen LogP contribution >= 0.6 is 0 Å². The molecule has 1 fully saturated rings. The minimum absolute atomic E-state index is 0.353. The minimum Gasteiger partial charge on any atom is -0.341 e. The van der Waals surface area contributed by atoms with Crippen LogP contribution in [0.3, 0.4) is 0 Å². The third-order valence-corrected chi connectivity index (χ3v) is 3.78. The first-order valence-electron chi connectivity index (χ1n) is 7.13. The predicted octanol–water partition coefficient (Wildman–Crippen LogP) is 2.27. The fourth-order valence-electron chi connectivity index (χ4n) is 2.48. The highest BCUT2D eigenvalue weighted by atomic mass is 16.2. The maximum absolute atomic E-state index is 11.9. The molecule has 1 heterocycles. The molecule has 1 unspecified atom stereocenters. The Kier molecular flexibility index (Phi) is 6.56. The lowest BCUT2D eigenvalue weighted by Gasteiger charge is -2.21. The van der Waals surface area contributed by atoms with Gasteiger partial charge in [-0.3, -0.25) is 4.79 Å². The summed E-state index contributed by atoms with van der Waals surface area (Å²) < 4.78 is 0. The molecule has 0 bridgehead atoms. The highest BCUT2D eigenvalue weighted by molar-refractivity contribution is 5.76. The molecule has 1 saturated heterocycles. The van der Waals surface area contributed by atoms with Gasteiger partial charge in [-0.25, -0.2) is 0 Å². The number of hydrogen-bond donors (Lipinski definition) is 1. The first-order valence-corrected chi connectivity index (χ1v) is 7.13. The lowest BCUT2D eigenvalue weighted by molar-refractivity contribution is -0.130. The van der Waals surface area contributed by atoms with E-state index in [2.05, 4.69) is 26.1 Å². The zero-order valence-corrected chi connectivity index (χ0v) is 11.7. The number of carbonyl (C=O) groups is 1. The second kappa shape index (κ2) is 7.70. The van der Waals surface area contributed by atoms with Crippen LogP contribution in [0, 0.1) is 11.8 Å². The molecule has 1 N–H and O–H groups in total. The molecule has 0 radical (unpaired) electrons. The van der Waals surface area contributed by atoms with Crippen molar-refractivity contribution in [3.05, 3.63) is 0 Å². The summed E-state index contributed by atoms with van der Waals surface area (Å²) in [6, 6.07) is 0. The first kappa shape index (κ1) is 14.5. The summed E-state index contributed by atoms with van der Waals surface area (Å²) in [6.07, 6.45) is 4.16. The molecule has 0 aromatic heterocycles. The van der Waals surface area contributed by atoms with Crippen LogP contribution in [0.2, 0.25) is 0 Å². The van der Waals surface area contributed by atoms with Gasteiger partial charge in [0.15, 0.2) is 0 Å². The van der Waals surface area contributed by atoms with Gasteiger partial charge in [0.25, 0.3) is 0 Å². The average Bonchev–Trinajstić information content (AvgIpc) is 2.48. The SMILES string of the molecule is CCCNCCN1CCC(C(C)C)CCC1=O. The lowest BCUT2D eigenvalue weighted by atomic mass is 9.89. The van der Waals surface area contributed by atoms with E-state index < -0.39 is 0 Å². The van der Waals surface area contributed by atoms with Crippen molar-refractivity contribution in [3.8, 4) is 0 Å². The molecule has 17 heavy (non-hydrogen) atoms. The highest BCUT2D eigenvalue weighted by Gasteiger charge is 2.23. The summed E-state index contributed by atoms with van der Waals surface area (Å²) in [6.45, 7) is 10.5. The summed E-state index contributed by atoms with van der Waals surface area (Å²) in [5, 5.41) is 3.36. The second-order valence-electron chi connectivity index (χ2n) is 5.46. The van der Waals surface area contributed by atoms with Crippen LogP contribution in [0.5, 0.6) is 0 Å². The molecule has 1 aliphatic heterocycles. The quantitative estimate of drug-likeness (QED) is 0.722. The van der Waals surface area contributed by atoms with Gasteiger partial charge in [-0.2, -0.15) is 0 Å². The number of hydrogen-bond acceptors (Lipinski definition) is 2. The van der Waals surface area contributed by atoms with Gasteiger partial charge in [-0.15, -0.1) is 0 Å². The van der Waals surface area contributed by atoms with Crippen molar-refractivity contribution in [2.45, 2.75) is 46.5 Å². The molecular formula is C14H28N2O. The van der Waals surface area contributed by atoms with E-state index in [0.717, 1.165) is 51.4 Å². The van der Waals surface area contributed by atoms with Gasteiger partial charge in [0.1, 0.15) is 0 Å².